The quantitative estimate of drug-likeness (QED) is 0.292. The Labute approximate surface area is 226 Å². The molecule has 2 aromatic carbocycles. The molecule has 198 valence electrons. The molecule has 0 bridgehead atoms. The molecule has 39 heavy (non-hydrogen) atoms. The third kappa shape index (κ3) is 4.75. The lowest BCUT2D eigenvalue weighted by atomic mass is 10.0. The first kappa shape index (κ1) is 24.8. The average Bonchev–Trinajstić information content (AvgIpc) is 3.68. The smallest absolute Gasteiger partial charge is 0.300 e. The number of likely N-dealkylation sites (N-methyl/N-ethyl adjacent to an activating group) is 1. The maximum Gasteiger partial charge on any atom is 0.300 e. The number of furan rings is 2. The van der Waals surface area contributed by atoms with E-state index in [0.717, 1.165) is 43.9 Å². The molecule has 4 heterocycles. The summed E-state index contributed by atoms with van der Waals surface area (Å²) in [4.78, 5) is 23.1. The summed E-state index contributed by atoms with van der Waals surface area (Å²) in [5.41, 5.74) is 4.22. The summed E-state index contributed by atoms with van der Waals surface area (Å²) < 4.78 is 12.4. The molecule has 1 aliphatic rings. The number of rotatable bonds is 5. The van der Waals surface area contributed by atoms with Crippen LogP contribution < -0.4 is 4.90 Å². The molecule has 6 rings (SSSR count). The second-order valence-electron chi connectivity index (χ2n) is 9.94. The standard InChI is InChI=1S/C31H30N4O4/c1-21-8-13-24-25(20-21)35(30(36)27-7-4-19-39-27)31(37)28(24)29(26-6-3-18-38-26)32-22-9-11-23(12-10-22)34-15-5-14-33(2)16-17-34/h3-4,6-13,18-20,37H,5,14-17H2,1-2H3. The summed E-state index contributed by atoms with van der Waals surface area (Å²) in [5.74, 6) is -0.0832. The van der Waals surface area contributed by atoms with Gasteiger partial charge in [0.15, 0.2) is 11.5 Å². The summed E-state index contributed by atoms with van der Waals surface area (Å²) in [5, 5.41) is 12.2. The summed E-state index contributed by atoms with van der Waals surface area (Å²) >= 11 is 0. The van der Waals surface area contributed by atoms with Crippen molar-refractivity contribution in [2.24, 2.45) is 4.99 Å². The van der Waals surface area contributed by atoms with E-state index in [2.05, 4.69) is 29.0 Å². The van der Waals surface area contributed by atoms with E-state index < -0.39 is 5.91 Å². The fraction of sp³-hybridized carbons (Fsp3) is 0.226. The van der Waals surface area contributed by atoms with Gasteiger partial charge < -0.3 is 23.7 Å². The second-order valence-corrected chi connectivity index (χ2v) is 9.94. The van der Waals surface area contributed by atoms with Crippen LogP contribution in [0.1, 0.15) is 33.9 Å². The summed E-state index contributed by atoms with van der Waals surface area (Å²) in [6.07, 6.45) is 4.13. The normalized spacial score (nSPS) is 15.1. The highest BCUT2D eigenvalue weighted by atomic mass is 16.3. The van der Waals surface area contributed by atoms with Crippen LogP contribution in [0, 0.1) is 6.92 Å². The van der Waals surface area contributed by atoms with Crippen molar-refractivity contribution in [3.63, 3.8) is 0 Å². The molecule has 0 spiro atoms. The van der Waals surface area contributed by atoms with Crippen LogP contribution >= 0.6 is 0 Å². The van der Waals surface area contributed by atoms with Crippen LogP contribution in [0.2, 0.25) is 0 Å². The van der Waals surface area contributed by atoms with Crippen LogP contribution in [0.3, 0.4) is 0 Å². The molecule has 3 aromatic heterocycles. The van der Waals surface area contributed by atoms with Crippen LogP contribution in [0.15, 0.2) is 93.1 Å². The van der Waals surface area contributed by atoms with E-state index in [9.17, 15) is 9.90 Å². The zero-order valence-corrected chi connectivity index (χ0v) is 22.0. The van der Waals surface area contributed by atoms with E-state index in [0.29, 0.717) is 33.6 Å². The van der Waals surface area contributed by atoms with Gasteiger partial charge >= 0.3 is 5.91 Å². The number of anilines is 1. The molecule has 1 fully saturated rings. The number of aromatic hydroxyl groups is 1. The summed E-state index contributed by atoms with van der Waals surface area (Å²) in [6.45, 7) is 6.07. The molecular formula is C31H30N4O4. The lowest BCUT2D eigenvalue weighted by Crippen LogP contribution is -2.28. The number of hydrogen-bond donors (Lipinski definition) is 1. The van der Waals surface area contributed by atoms with Gasteiger partial charge in [-0.1, -0.05) is 12.1 Å². The summed E-state index contributed by atoms with van der Waals surface area (Å²) in [6, 6.07) is 20.6. The van der Waals surface area contributed by atoms with E-state index >= 15 is 0 Å². The maximum atomic E-state index is 13.4. The molecule has 5 aromatic rings. The highest BCUT2D eigenvalue weighted by molar-refractivity contribution is 6.22. The first-order valence-electron chi connectivity index (χ1n) is 13.1. The summed E-state index contributed by atoms with van der Waals surface area (Å²) in [7, 11) is 2.16. The first-order chi connectivity index (χ1) is 19.0. The fourth-order valence-corrected chi connectivity index (χ4v) is 5.15. The molecule has 8 heteroatoms. The van der Waals surface area contributed by atoms with E-state index in [1.807, 2.05) is 37.3 Å². The molecule has 0 atom stereocenters. The Kier molecular flexibility index (Phi) is 6.54. The third-order valence-electron chi connectivity index (χ3n) is 7.20. The Morgan fingerprint density at radius 1 is 0.897 bits per heavy atom. The van der Waals surface area contributed by atoms with Gasteiger partial charge in [-0.15, -0.1) is 0 Å². The van der Waals surface area contributed by atoms with E-state index in [4.69, 9.17) is 13.8 Å². The largest absolute Gasteiger partial charge is 0.494 e. The molecule has 1 aliphatic heterocycles. The van der Waals surface area contributed by atoms with Crippen molar-refractivity contribution in [1.82, 2.24) is 9.47 Å². The monoisotopic (exact) mass is 522 g/mol. The predicted octanol–water partition coefficient (Wildman–Crippen LogP) is 5.84. The number of carbonyl (C=O) groups excluding carboxylic acids is 1. The number of aliphatic imine (C=N–C) groups is 1. The lowest BCUT2D eigenvalue weighted by Gasteiger charge is -2.22. The maximum absolute atomic E-state index is 13.4. The van der Waals surface area contributed by atoms with Crippen molar-refractivity contribution in [2.45, 2.75) is 13.3 Å². The SMILES string of the molecule is Cc1ccc2c(C(=Nc3ccc(N4CCCN(C)CC4)cc3)c3ccco3)c(O)n(C(=O)c3ccco3)c2c1. The van der Waals surface area contributed by atoms with Crippen molar-refractivity contribution in [2.75, 3.05) is 38.1 Å². The van der Waals surface area contributed by atoms with Gasteiger partial charge in [0, 0.05) is 30.7 Å². The first-order valence-corrected chi connectivity index (χ1v) is 13.1. The highest BCUT2D eigenvalue weighted by Gasteiger charge is 2.28. The Bertz CT molecular complexity index is 1630. The Hall–Kier alpha value is -4.56. The van der Waals surface area contributed by atoms with Gasteiger partial charge in [-0.3, -0.25) is 4.79 Å². The Morgan fingerprint density at radius 2 is 1.64 bits per heavy atom. The van der Waals surface area contributed by atoms with Crippen LogP contribution in [0.5, 0.6) is 5.88 Å². The molecule has 0 amide bonds. The highest BCUT2D eigenvalue weighted by Crippen LogP contribution is 2.36. The third-order valence-corrected chi connectivity index (χ3v) is 7.20. The number of aromatic nitrogens is 1. The zero-order chi connectivity index (χ0) is 26.9. The number of fused-ring (bicyclic) bond motifs is 1. The van der Waals surface area contributed by atoms with Crippen LogP contribution in [-0.4, -0.2) is 59.4 Å². The van der Waals surface area contributed by atoms with Crippen molar-refractivity contribution in [1.29, 1.82) is 0 Å². The van der Waals surface area contributed by atoms with Crippen molar-refractivity contribution in [3.05, 3.63) is 102 Å². The number of aryl methyl sites for hydroxylation is 1. The Morgan fingerprint density at radius 3 is 2.36 bits per heavy atom. The minimum absolute atomic E-state index is 0.127. The van der Waals surface area contributed by atoms with Gasteiger partial charge in [0.25, 0.3) is 0 Å². The molecule has 8 nitrogen and oxygen atoms in total. The van der Waals surface area contributed by atoms with E-state index in [1.54, 1.807) is 30.5 Å². The Balaban J connectivity index is 1.46. The fourth-order valence-electron chi connectivity index (χ4n) is 5.15. The number of carbonyl (C=O) groups is 1. The lowest BCUT2D eigenvalue weighted by molar-refractivity contribution is 0.0929. The van der Waals surface area contributed by atoms with Gasteiger partial charge in [0.1, 0.15) is 5.71 Å². The average molecular weight is 523 g/mol. The van der Waals surface area contributed by atoms with E-state index in [-0.39, 0.29) is 11.6 Å². The molecule has 1 N–H and O–H groups in total. The molecule has 0 saturated carbocycles. The van der Waals surface area contributed by atoms with Gasteiger partial charge in [0.2, 0.25) is 5.88 Å². The molecular weight excluding hydrogens is 492 g/mol. The second kappa shape index (κ2) is 10.3. The predicted molar refractivity (Wildman–Crippen MR) is 152 cm³/mol. The van der Waals surface area contributed by atoms with Gasteiger partial charge in [0.05, 0.1) is 29.3 Å². The molecule has 0 radical (unpaired) electrons. The number of nitrogens with zero attached hydrogens (tertiary/aromatic N) is 4. The zero-order valence-electron chi connectivity index (χ0n) is 22.0. The minimum Gasteiger partial charge on any atom is -0.494 e. The van der Waals surface area contributed by atoms with E-state index in [1.165, 1.54) is 10.8 Å². The number of hydrogen-bond acceptors (Lipinski definition) is 7. The topological polar surface area (TPSA) is 87.4 Å². The van der Waals surface area contributed by atoms with Crippen LogP contribution in [-0.2, 0) is 0 Å². The van der Waals surface area contributed by atoms with Gasteiger partial charge in [-0.05, 0) is 87.1 Å². The van der Waals surface area contributed by atoms with Crippen molar-refractivity contribution in [3.8, 4) is 5.88 Å². The molecule has 1 saturated heterocycles. The van der Waals surface area contributed by atoms with Crippen molar-refractivity contribution >= 4 is 33.9 Å². The van der Waals surface area contributed by atoms with Crippen LogP contribution in [0.25, 0.3) is 10.9 Å². The number of benzene rings is 2. The van der Waals surface area contributed by atoms with Gasteiger partial charge in [-0.25, -0.2) is 9.56 Å². The molecule has 0 aliphatic carbocycles. The minimum atomic E-state index is -0.467. The van der Waals surface area contributed by atoms with Gasteiger partial charge in [-0.2, -0.15) is 0 Å². The molecule has 0 unspecified atom stereocenters. The van der Waals surface area contributed by atoms with Crippen molar-refractivity contribution < 1.29 is 18.7 Å². The van der Waals surface area contributed by atoms with Crippen LogP contribution in [0.4, 0.5) is 11.4 Å².